The topological polar surface area (TPSA) is 86.1 Å². The van der Waals surface area contributed by atoms with Crippen molar-refractivity contribution in [3.63, 3.8) is 0 Å². The maximum atomic E-state index is 12.9. The summed E-state index contributed by atoms with van der Waals surface area (Å²) in [5.74, 6) is 0.218. The van der Waals surface area contributed by atoms with Gasteiger partial charge in [0.25, 0.3) is 5.91 Å². The number of ether oxygens (including phenoxy) is 1. The third-order valence-electron chi connectivity index (χ3n) is 5.64. The molecule has 1 aliphatic carbocycles. The number of hydrogen-bond donors (Lipinski definition) is 1. The molecule has 0 spiro atoms. The largest absolute Gasteiger partial charge is 0.474 e. The van der Waals surface area contributed by atoms with Gasteiger partial charge in [0.05, 0.1) is 10.4 Å². The lowest BCUT2D eigenvalue weighted by Crippen LogP contribution is -2.41. The summed E-state index contributed by atoms with van der Waals surface area (Å²) in [6.45, 7) is 4.47. The Morgan fingerprint density at radius 2 is 2.00 bits per heavy atom. The Morgan fingerprint density at radius 1 is 1.23 bits per heavy atom. The van der Waals surface area contributed by atoms with Crippen molar-refractivity contribution < 1.29 is 9.53 Å². The molecule has 1 amide bonds. The normalized spacial score (nSPS) is 18.7. The van der Waals surface area contributed by atoms with Gasteiger partial charge in [0.2, 0.25) is 11.3 Å². The highest BCUT2D eigenvalue weighted by Gasteiger charge is 2.25. The molecule has 0 unspecified atom stereocenters. The molecule has 1 aliphatic rings. The van der Waals surface area contributed by atoms with E-state index in [4.69, 9.17) is 16.3 Å². The van der Waals surface area contributed by atoms with E-state index in [1.165, 1.54) is 0 Å². The summed E-state index contributed by atoms with van der Waals surface area (Å²) in [5.41, 5.74) is 1.32. The van der Waals surface area contributed by atoms with Crippen LogP contribution in [0.4, 0.5) is 0 Å². The van der Waals surface area contributed by atoms with Crippen LogP contribution in [0.25, 0.3) is 11.0 Å². The molecule has 1 fully saturated rings. The molecule has 1 saturated carbocycles. The SMILES string of the molecule is CCn1cc(C(=O)NC2CCC(Oc3ccc(Cl)cn3)CC2)c(=O)c2ccc(C)nc21. The summed E-state index contributed by atoms with van der Waals surface area (Å²) < 4.78 is 7.76. The Hall–Kier alpha value is -2.93. The molecule has 1 N–H and O–H groups in total. The zero-order chi connectivity index (χ0) is 22.0. The van der Waals surface area contributed by atoms with Gasteiger partial charge in [0, 0.05) is 36.7 Å². The average molecular weight is 441 g/mol. The minimum atomic E-state index is -0.335. The molecule has 3 heterocycles. The average Bonchev–Trinajstić information content (AvgIpc) is 2.77. The number of amides is 1. The fraction of sp³-hybridized carbons (Fsp3) is 0.391. The van der Waals surface area contributed by atoms with Crippen LogP contribution in [0.2, 0.25) is 5.02 Å². The molecule has 0 aliphatic heterocycles. The Bertz CT molecular complexity index is 1150. The van der Waals surface area contributed by atoms with Crippen LogP contribution in [0.15, 0.2) is 41.5 Å². The second kappa shape index (κ2) is 9.06. The van der Waals surface area contributed by atoms with Crippen LogP contribution >= 0.6 is 11.6 Å². The minimum absolute atomic E-state index is 0.00634. The molecule has 0 atom stereocenters. The van der Waals surface area contributed by atoms with Crippen molar-refractivity contribution in [1.29, 1.82) is 0 Å². The van der Waals surface area contributed by atoms with Crippen LogP contribution in [0.3, 0.4) is 0 Å². The van der Waals surface area contributed by atoms with E-state index in [0.717, 1.165) is 31.4 Å². The number of aromatic nitrogens is 3. The summed E-state index contributed by atoms with van der Waals surface area (Å²) in [5, 5.41) is 4.07. The number of pyridine rings is 3. The zero-order valence-electron chi connectivity index (χ0n) is 17.6. The monoisotopic (exact) mass is 440 g/mol. The van der Waals surface area contributed by atoms with E-state index in [9.17, 15) is 9.59 Å². The molecule has 0 bridgehead atoms. The Kier molecular flexibility index (Phi) is 6.23. The second-order valence-corrected chi connectivity index (χ2v) is 8.30. The first-order valence-corrected chi connectivity index (χ1v) is 10.9. The highest BCUT2D eigenvalue weighted by Crippen LogP contribution is 2.24. The van der Waals surface area contributed by atoms with Gasteiger partial charge >= 0.3 is 0 Å². The molecule has 7 nitrogen and oxygen atoms in total. The second-order valence-electron chi connectivity index (χ2n) is 7.86. The van der Waals surface area contributed by atoms with Crippen molar-refractivity contribution >= 4 is 28.5 Å². The van der Waals surface area contributed by atoms with Crippen LogP contribution in [0.5, 0.6) is 5.88 Å². The van der Waals surface area contributed by atoms with Gasteiger partial charge < -0.3 is 14.6 Å². The summed E-state index contributed by atoms with van der Waals surface area (Å²) in [7, 11) is 0. The quantitative estimate of drug-likeness (QED) is 0.650. The first-order chi connectivity index (χ1) is 14.9. The summed E-state index contributed by atoms with van der Waals surface area (Å²) >= 11 is 5.86. The van der Waals surface area contributed by atoms with E-state index in [0.29, 0.717) is 28.5 Å². The molecule has 0 aromatic carbocycles. The van der Waals surface area contributed by atoms with E-state index in [-0.39, 0.29) is 29.0 Å². The number of rotatable bonds is 5. The molecular formula is C23H25ClN4O3. The zero-order valence-corrected chi connectivity index (χ0v) is 18.4. The number of halogens is 1. The van der Waals surface area contributed by atoms with Crippen molar-refractivity contribution in [2.75, 3.05) is 0 Å². The molecule has 31 heavy (non-hydrogen) atoms. The molecule has 8 heteroatoms. The van der Waals surface area contributed by atoms with Gasteiger partial charge in [-0.25, -0.2) is 9.97 Å². The standard InChI is InChI=1S/C23H25ClN4O3/c1-3-28-13-19(21(29)18-10-4-14(2)26-22(18)28)23(30)27-16-6-8-17(9-7-16)31-20-11-5-15(24)12-25-20/h4-5,10-13,16-17H,3,6-9H2,1-2H3,(H,27,30). The molecule has 162 valence electrons. The number of nitrogens with zero attached hydrogens (tertiary/aromatic N) is 3. The van der Waals surface area contributed by atoms with Gasteiger partial charge in [0.15, 0.2) is 0 Å². The lowest BCUT2D eigenvalue weighted by molar-refractivity contribution is 0.0888. The van der Waals surface area contributed by atoms with Gasteiger partial charge in [-0.1, -0.05) is 11.6 Å². The molecular weight excluding hydrogens is 416 g/mol. The first-order valence-electron chi connectivity index (χ1n) is 10.5. The molecule has 3 aromatic rings. The van der Waals surface area contributed by atoms with E-state index in [2.05, 4.69) is 15.3 Å². The third-order valence-corrected chi connectivity index (χ3v) is 5.87. The van der Waals surface area contributed by atoms with Crippen LogP contribution in [0, 0.1) is 6.92 Å². The maximum absolute atomic E-state index is 12.9. The summed E-state index contributed by atoms with van der Waals surface area (Å²) in [6.07, 6.45) is 6.39. The third kappa shape index (κ3) is 4.71. The van der Waals surface area contributed by atoms with E-state index in [1.807, 2.05) is 18.4 Å². The lowest BCUT2D eigenvalue weighted by atomic mass is 9.92. The number of nitrogens with one attached hydrogen (secondary N) is 1. The number of hydrogen-bond acceptors (Lipinski definition) is 5. The fourth-order valence-corrected chi connectivity index (χ4v) is 4.07. The van der Waals surface area contributed by atoms with E-state index in [1.54, 1.807) is 36.7 Å². The van der Waals surface area contributed by atoms with Gasteiger partial charge in [-0.05, 0) is 57.7 Å². The van der Waals surface area contributed by atoms with Gasteiger partial charge in [0.1, 0.15) is 17.3 Å². The van der Waals surface area contributed by atoms with Crippen molar-refractivity contribution in [1.82, 2.24) is 19.9 Å². The smallest absolute Gasteiger partial charge is 0.256 e. The Labute approximate surface area is 185 Å². The van der Waals surface area contributed by atoms with Crippen molar-refractivity contribution in [2.24, 2.45) is 0 Å². The maximum Gasteiger partial charge on any atom is 0.256 e. The van der Waals surface area contributed by atoms with Crippen molar-refractivity contribution in [3.8, 4) is 5.88 Å². The van der Waals surface area contributed by atoms with Gasteiger partial charge in [-0.15, -0.1) is 0 Å². The fourth-order valence-electron chi connectivity index (χ4n) is 3.95. The van der Waals surface area contributed by atoms with E-state index < -0.39 is 0 Å². The molecule has 0 saturated heterocycles. The minimum Gasteiger partial charge on any atom is -0.474 e. The Morgan fingerprint density at radius 3 is 2.68 bits per heavy atom. The predicted molar refractivity (Wildman–Crippen MR) is 120 cm³/mol. The Balaban J connectivity index is 1.43. The number of carbonyl (C=O) groups excluding carboxylic acids is 1. The molecule has 3 aromatic heterocycles. The molecule has 4 rings (SSSR count). The highest BCUT2D eigenvalue weighted by atomic mass is 35.5. The van der Waals surface area contributed by atoms with Gasteiger partial charge in [-0.3, -0.25) is 9.59 Å². The van der Waals surface area contributed by atoms with Crippen LogP contribution < -0.4 is 15.5 Å². The summed E-state index contributed by atoms with van der Waals surface area (Å²) in [6, 6.07) is 7.05. The van der Waals surface area contributed by atoms with Crippen LogP contribution in [-0.4, -0.2) is 32.6 Å². The van der Waals surface area contributed by atoms with Gasteiger partial charge in [-0.2, -0.15) is 0 Å². The summed E-state index contributed by atoms with van der Waals surface area (Å²) in [4.78, 5) is 34.5. The first kappa shape index (κ1) is 21.3. The number of carbonyl (C=O) groups is 1. The van der Waals surface area contributed by atoms with Crippen molar-refractivity contribution in [3.05, 3.63) is 63.2 Å². The lowest BCUT2D eigenvalue weighted by Gasteiger charge is -2.29. The number of fused-ring (bicyclic) bond motifs is 1. The van der Waals surface area contributed by atoms with Crippen LogP contribution in [0.1, 0.15) is 48.7 Å². The van der Waals surface area contributed by atoms with E-state index >= 15 is 0 Å². The van der Waals surface area contributed by atoms with Crippen molar-refractivity contribution in [2.45, 2.75) is 58.2 Å². The van der Waals surface area contributed by atoms with Crippen LogP contribution in [-0.2, 0) is 6.54 Å². The predicted octanol–water partition coefficient (Wildman–Crippen LogP) is 3.89. The molecule has 0 radical (unpaired) electrons. The highest BCUT2D eigenvalue weighted by molar-refractivity contribution is 6.30. The number of aryl methyl sites for hydroxylation is 2.